The van der Waals surface area contributed by atoms with Gasteiger partial charge in [-0.3, -0.25) is 4.79 Å². The first kappa shape index (κ1) is 15.8. The van der Waals surface area contributed by atoms with Crippen LogP contribution in [-0.2, 0) is 0 Å². The second-order valence-corrected chi connectivity index (χ2v) is 5.97. The van der Waals surface area contributed by atoms with Gasteiger partial charge in [0.05, 0.1) is 0 Å². The third kappa shape index (κ3) is 3.53. The monoisotopic (exact) mass is 290 g/mol. The van der Waals surface area contributed by atoms with Crippen LogP contribution in [-0.4, -0.2) is 56.1 Å². The zero-order valence-electron chi connectivity index (χ0n) is 13.5. The Hall–Kier alpha value is -1.62. The number of hydrogen-bond donors (Lipinski definition) is 1. The van der Waals surface area contributed by atoms with Crippen molar-refractivity contribution in [3.05, 3.63) is 23.9 Å². The van der Waals surface area contributed by atoms with Gasteiger partial charge in [0.25, 0.3) is 5.91 Å². The Morgan fingerprint density at radius 3 is 2.86 bits per heavy atom. The first-order valence-electron chi connectivity index (χ1n) is 7.66. The molecule has 21 heavy (non-hydrogen) atoms. The molecule has 5 heteroatoms. The average Bonchev–Trinajstić information content (AvgIpc) is 2.91. The summed E-state index contributed by atoms with van der Waals surface area (Å²) >= 11 is 0. The van der Waals surface area contributed by atoms with Crippen LogP contribution in [0.2, 0.25) is 0 Å². The summed E-state index contributed by atoms with van der Waals surface area (Å²) in [6.07, 6.45) is 4.15. The number of pyridine rings is 1. The fourth-order valence-electron chi connectivity index (χ4n) is 3.16. The van der Waals surface area contributed by atoms with Gasteiger partial charge in [-0.15, -0.1) is 0 Å². The topological polar surface area (TPSA) is 48.5 Å². The minimum absolute atomic E-state index is 0.0629. The van der Waals surface area contributed by atoms with Gasteiger partial charge in [-0.05, 0) is 38.6 Å². The molecule has 2 heterocycles. The first-order chi connectivity index (χ1) is 10.1. The molecule has 0 radical (unpaired) electrons. The minimum Gasteiger partial charge on any atom is -0.355 e. The number of nitrogens with zero attached hydrogens (tertiary/aromatic N) is 3. The van der Waals surface area contributed by atoms with Crippen LogP contribution in [0.3, 0.4) is 0 Å². The molecule has 1 aliphatic heterocycles. The SMILES string of the molecule is CCC[C@@H]1CN(c2cc(C(=O)NC)ccn2)C[C@H]1N(C)C. The number of carbonyl (C=O) groups is 1. The molecule has 1 aromatic rings. The Labute approximate surface area is 127 Å². The van der Waals surface area contributed by atoms with Gasteiger partial charge in [-0.25, -0.2) is 4.98 Å². The Kier molecular flexibility index (Phi) is 5.17. The van der Waals surface area contributed by atoms with Crippen molar-refractivity contribution in [2.24, 2.45) is 5.92 Å². The molecule has 5 nitrogen and oxygen atoms in total. The largest absolute Gasteiger partial charge is 0.355 e. The second-order valence-electron chi connectivity index (χ2n) is 5.97. The molecular weight excluding hydrogens is 264 g/mol. The average molecular weight is 290 g/mol. The van der Waals surface area contributed by atoms with Gasteiger partial charge in [0, 0.05) is 37.9 Å². The maximum absolute atomic E-state index is 11.8. The first-order valence-corrected chi connectivity index (χ1v) is 7.66. The van der Waals surface area contributed by atoms with Crippen LogP contribution >= 0.6 is 0 Å². The van der Waals surface area contributed by atoms with E-state index in [0.717, 1.165) is 18.9 Å². The van der Waals surface area contributed by atoms with Gasteiger partial charge in [0.15, 0.2) is 0 Å². The number of hydrogen-bond acceptors (Lipinski definition) is 4. The number of rotatable bonds is 5. The molecule has 1 amide bonds. The summed E-state index contributed by atoms with van der Waals surface area (Å²) in [5.74, 6) is 1.50. The molecule has 0 aromatic carbocycles. The molecule has 1 N–H and O–H groups in total. The fourth-order valence-corrected chi connectivity index (χ4v) is 3.16. The number of aromatic nitrogens is 1. The molecule has 0 bridgehead atoms. The maximum atomic E-state index is 11.8. The van der Waals surface area contributed by atoms with Crippen molar-refractivity contribution in [2.45, 2.75) is 25.8 Å². The Bertz CT molecular complexity index is 489. The molecule has 116 valence electrons. The predicted molar refractivity (Wildman–Crippen MR) is 85.7 cm³/mol. The van der Waals surface area contributed by atoms with Crippen molar-refractivity contribution in [2.75, 3.05) is 39.1 Å². The van der Waals surface area contributed by atoms with Gasteiger partial charge >= 0.3 is 0 Å². The van der Waals surface area contributed by atoms with Gasteiger partial charge in [0.1, 0.15) is 5.82 Å². The van der Waals surface area contributed by atoms with E-state index in [1.54, 1.807) is 19.3 Å². The third-order valence-electron chi connectivity index (χ3n) is 4.29. The van der Waals surface area contributed by atoms with E-state index in [2.05, 4.69) is 41.1 Å². The van der Waals surface area contributed by atoms with Gasteiger partial charge in [-0.1, -0.05) is 13.3 Å². The van der Waals surface area contributed by atoms with Gasteiger partial charge in [-0.2, -0.15) is 0 Å². The van der Waals surface area contributed by atoms with E-state index >= 15 is 0 Å². The van der Waals surface area contributed by atoms with E-state index in [9.17, 15) is 4.79 Å². The van der Waals surface area contributed by atoms with E-state index in [1.807, 2.05) is 6.07 Å². The van der Waals surface area contributed by atoms with Crippen LogP contribution in [0.15, 0.2) is 18.3 Å². The molecule has 1 fully saturated rings. The van der Waals surface area contributed by atoms with Crippen LogP contribution in [0, 0.1) is 5.92 Å². The highest BCUT2D eigenvalue weighted by Crippen LogP contribution is 2.28. The summed E-state index contributed by atoms with van der Waals surface area (Å²) in [4.78, 5) is 20.8. The Balaban J connectivity index is 2.17. The lowest BCUT2D eigenvalue weighted by molar-refractivity contribution is 0.0963. The summed E-state index contributed by atoms with van der Waals surface area (Å²) in [5, 5.41) is 2.66. The highest BCUT2D eigenvalue weighted by molar-refractivity contribution is 5.94. The van der Waals surface area contributed by atoms with Crippen molar-refractivity contribution in [3.8, 4) is 0 Å². The summed E-state index contributed by atoms with van der Waals surface area (Å²) in [5.41, 5.74) is 0.669. The standard InChI is InChI=1S/C16H26N4O/c1-5-6-13-10-20(11-14(13)19(3)4)15-9-12(7-8-18-15)16(21)17-2/h7-9,13-14H,5-6,10-11H2,1-4H3,(H,17,21)/t13-,14-/m1/s1. The normalized spacial score (nSPS) is 21.9. The minimum atomic E-state index is -0.0629. The number of anilines is 1. The molecule has 1 aliphatic rings. The van der Waals surface area contributed by atoms with Crippen molar-refractivity contribution in [1.29, 1.82) is 0 Å². The summed E-state index contributed by atoms with van der Waals surface area (Å²) < 4.78 is 0. The fraction of sp³-hybridized carbons (Fsp3) is 0.625. The van der Waals surface area contributed by atoms with E-state index in [0.29, 0.717) is 17.5 Å². The van der Waals surface area contributed by atoms with Crippen molar-refractivity contribution in [3.63, 3.8) is 0 Å². The summed E-state index contributed by atoms with van der Waals surface area (Å²) in [6, 6.07) is 4.20. The zero-order chi connectivity index (χ0) is 15.4. The smallest absolute Gasteiger partial charge is 0.251 e. The Morgan fingerprint density at radius 1 is 1.48 bits per heavy atom. The maximum Gasteiger partial charge on any atom is 0.251 e. The number of nitrogens with one attached hydrogen (secondary N) is 1. The van der Waals surface area contributed by atoms with Gasteiger partial charge < -0.3 is 15.1 Å². The Morgan fingerprint density at radius 2 is 2.24 bits per heavy atom. The van der Waals surface area contributed by atoms with Crippen LogP contribution in [0.4, 0.5) is 5.82 Å². The lowest BCUT2D eigenvalue weighted by atomic mass is 9.98. The van der Waals surface area contributed by atoms with E-state index in [4.69, 9.17) is 0 Å². The van der Waals surface area contributed by atoms with Crippen molar-refractivity contribution >= 4 is 11.7 Å². The number of likely N-dealkylation sites (N-methyl/N-ethyl adjacent to an activating group) is 1. The lowest BCUT2D eigenvalue weighted by Gasteiger charge is -2.24. The number of amides is 1. The zero-order valence-corrected chi connectivity index (χ0v) is 13.5. The van der Waals surface area contributed by atoms with E-state index < -0.39 is 0 Å². The van der Waals surface area contributed by atoms with Crippen LogP contribution in [0.25, 0.3) is 0 Å². The molecule has 0 unspecified atom stereocenters. The molecule has 0 aliphatic carbocycles. The molecule has 1 saturated heterocycles. The second kappa shape index (κ2) is 6.89. The molecule has 0 spiro atoms. The lowest BCUT2D eigenvalue weighted by Crippen LogP contribution is -2.35. The highest BCUT2D eigenvalue weighted by atomic mass is 16.1. The predicted octanol–water partition coefficient (Wildman–Crippen LogP) is 1.61. The summed E-state index contributed by atoms with van der Waals surface area (Å²) in [7, 11) is 5.94. The van der Waals surface area contributed by atoms with Crippen LogP contribution < -0.4 is 10.2 Å². The summed E-state index contributed by atoms with van der Waals surface area (Å²) in [6.45, 7) is 4.22. The molecule has 1 aromatic heterocycles. The molecule has 2 atom stereocenters. The molecule has 2 rings (SSSR count). The van der Waals surface area contributed by atoms with Crippen molar-refractivity contribution in [1.82, 2.24) is 15.2 Å². The van der Waals surface area contributed by atoms with E-state index in [-0.39, 0.29) is 5.91 Å². The quantitative estimate of drug-likeness (QED) is 0.895. The van der Waals surface area contributed by atoms with Crippen LogP contribution in [0.5, 0.6) is 0 Å². The third-order valence-corrected chi connectivity index (χ3v) is 4.29. The number of carbonyl (C=O) groups excluding carboxylic acids is 1. The van der Waals surface area contributed by atoms with Crippen molar-refractivity contribution < 1.29 is 4.79 Å². The van der Waals surface area contributed by atoms with Gasteiger partial charge in [0.2, 0.25) is 0 Å². The molecule has 0 saturated carbocycles. The molecular formula is C16H26N4O. The highest BCUT2D eigenvalue weighted by Gasteiger charge is 2.34. The van der Waals surface area contributed by atoms with E-state index in [1.165, 1.54) is 12.8 Å². The van der Waals surface area contributed by atoms with Crippen LogP contribution in [0.1, 0.15) is 30.1 Å².